The van der Waals surface area contributed by atoms with Crippen LogP contribution in [0.2, 0.25) is 0 Å². The van der Waals surface area contributed by atoms with Gasteiger partial charge in [-0.3, -0.25) is 9.59 Å². The third-order valence-electron chi connectivity index (χ3n) is 3.23. The number of ketones is 1. The normalized spacial score (nSPS) is 10.4. The Labute approximate surface area is 136 Å². The monoisotopic (exact) mass is 397 g/mol. The van der Waals surface area contributed by atoms with Crippen LogP contribution in [0.15, 0.2) is 41.3 Å². The van der Waals surface area contributed by atoms with Gasteiger partial charge in [-0.25, -0.2) is 4.68 Å². The molecule has 0 fully saturated rings. The topological polar surface area (TPSA) is 55.2 Å². The van der Waals surface area contributed by atoms with Gasteiger partial charge in [0.1, 0.15) is 6.54 Å². The molecule has 0 N–H and O–H groups in total. The molecule has 0 bridgehead atoms. The largest absolute Gasteiger partial charge is 0.373 e. The van der Waals surface area contributed by atoms with Crippen LogP contribution in [-0.4, -0.2) is 29.2 Å². The highest BCUT2D eigenvalue weighted by molar-refractivity contribution is 14.1. The molecule has 1 aromatic carbocycles. The number of rotatable bonds is 5. The van der Waals surface area contributed by atoms with E-state index in [0.29, 0.717) is 5.56 Å². The number of anilines is 1. The van der Waals surface area contributed by atoms with Gasteiger partial charge < -0.3 is 4.90 Å². The van der Waals surface area contributed by atoms with E-state index in [4.69, 9.17) is 0 Å². The number of aromatic nitrogens is 2. The van der Waals surface area contributed by atoms with E-state index in [2.05, 4.69) is 27.7 Å². The molecule has 21 heavy (non-hydrogen) atoms. The number of benzene rings is 1. The summed E-state index contributed by atoms with van der Waals surface area (Å²) in [6.07, 6.45) is 1.60. The van der Waals surface area contributed by atoms with Crippen LogP contribution in [0.4, 0.5) is 5.69 Å². The van der Waals surface area contributed by atoms with E-state index in [-0.39, 0.29) is 17.9 Å². The van der Waals surface area contributed by atoms with Crippen molar-refractivity contribution < 1.29 is 4.79 Å². The van der Waals surface area contributed by atoms with E-state index in [9.17, 15) is 9.59 Å². The molecule has 6 heteroatoms. The third-order valence-corrected chi connectivity index (χ3v) is 3.95. The Morgan fingerprint density at radius 2 is 2.00 bits per heavy atom. The Morgan fingerprint density at radius 3 is 2.57 bits per heavy atom. The van der Waals surface area contributed by atoms with E-state index in [0.717, 1.165) is 15.8 Å². The predicted molar refractivity (Wildman–Crippen MR) is 90.9 cm³/mol. The van der Waals surface area contributed by atoms with Crippen molar-refractivity contribution in [1.82, 2.24) is 9.78 Å². The summed E-state index contributed by atoms with van der Waals surface area (Å²) in [4.78, 5) is 26.1. The minimum atomic E-state index is -0.272. The van der Waals surface area contributed by atoms with Gasteiger partial charge in [0.15, 0.2) is 5.78 Å². The first-order chi connectivity index (χ1) is 10.0. The van der Waals surface area contributed by atoms with Gasteiger partial charge in [0.05, 0.1) is 11.9 Å². The van der Waals surface area contributed by atoms with E-state index in [1.165, 1.54) is 10.7 Å². The molecule has 2 aromatic rings. The first kappa shape index (κ1) is 15.7. The molecule has 0 aliphatic rings. The van der Waals surface area contributed by atoms with Crippen molar-refractivity contribution in [1.29, 1.82) is 0 Å². The molecule has 0 radical (unpaired) electrons. The van der Waals surface area contributed by atoms with Crippen LogP contribution in [0, 0.1) is 3.57 Å². The van der Waals surface area contributed by atoms with Crippen molar-refractivity contribution in [3.05, 3.63) is 56.0 Å². The van der Waals surface area contributed by atoms with Gasteiger partial charge in [0.2, 0.25) is 0 Å². The molecule has 1 heterocycles. The van der Waals surface area contributed by atoms with Crippen LogP contribution in [0.5, 0.6) is 0 Å². The Morgan fingerprint density at radius 1 is 1.33 bits per heavy atom. The van der Waals surface area contributed by atoms with Crippen LogP contribution < -0.4 is 10.5 Å². The Bertz CT molecular complexity index is 695. The molecule has 5 nitrogen and oxygen atoms in total. The fourth-order valence-electron chi connectivity index (χ4n) is 1.80. The fraction of sp³-hybridized carbons (Fsp3) is 0.267. The SMILES string of the molecule is CCN(C)c1cnn(CC(=O)c2ccc(I)cc2)c(=O)c1. The molecular weight excluding hydrogens is 381 g/mol. The standard InChI is InChI=1S/C15H16IN3O2/c1-3-18(2)13-8-15(21)19(17-9-13)10-14(20)11-4-6-12(16)7-5-11/h4-9H,3,10H2,1-2H3. The molecule has 0 saturated heterocycles. The molecule has 110 valence electrons. The molecule has 0 amide bonds. The Kier molecular flexibility index (Phi) is 5.11. The number of halogens is 1. The summed E-state index contributed by atoms with van der Waals surface area (Å²) in [6.45, 7) is 2.73. The van der Waals surface area contributed by atoms with Crippen LogP contribution in [0.3, 0.4) is 0 Å². The molecule has 0 aliphatic heterocycles. The van der Waals surface area contributed by atoms with E-state index in [1.54, 1.807) is 18.3 Å². The summed E-state index contributed by atoms with van der Waals surface area (Å²) in [5, 5.41) is 4.07. The second kappa shape index (κ2) is 6.84. The fourth-order valence-corrected chi connectivity index (χ4v) is 2.16. The summed E-state index contributed by atoms with van der Waals surface area (Å²) in [5.74, 6) is -0.127. The number of hydrogen-bond acceptors (Lipinski definition) is 4. The van der Waals surface area contributed by atoms with Crippen molar-refractivity contribution in [2.75, 3.05) is 18.5 Å². The lowest BCUT2D eigenvalue weighted by Gasteiger charge is -2.16. The van der Waals surface area contributed by atoms with Gasteiger partial charge in [0.25, 0.3) is 5.56 Å². The number of carbonyl (C=O) groups excluding carboxylic acids is 1. The van der Waals surface area contributed by atoms with Crippen LogP contribution in [0.25, 0.3) is 0 Å². The van der Waals surface area contributed by atoms with Gasteiger partial charge in [0, 0.05) is 28.8 Å². The lowest BCUT2D eigenvalue weighted by Crippen LogP contribution is -2.28. The molecule has 0 unspecified atom stereocenters. The molecule has 1 aromatic heterocycles. The first-order valence-corrected chi connectivity index (χ1v) is 7.66. The van der Waals surface area contributed by atoms with Gasteiger partial charge >= 0.3 is 0 Å². The second-order valence-electron chi connectivity index (χ2n) is 4.65. The van der Waals surface area contributed by atoms with Crippen molar-refractivity contribution in [2.24, 2.45) is 0 Å². The van der Waals surface area contributed by atoms with Crippen LogP contribution >= 0.6 is 22.6 Å². The zero-order valence-electron chi connectivity index (χ0n) is 11.9. The van der Waals surface area contributed by atoms with E-state index < -0.39 is 0 Å². The smallest absolute Gasteiger partial charge is 0.269 e. The minimum absolute atomic E-state index is 0.0461. The summed E-state index contributed by atoms with van der Waals surface area (Å²) in [6, 6.07) is 8.74. The lowest BCUT2D eigenvalue weighted by molar-refractivity contribution is 0.0965. The second-order valence-corrected chi connectivity index (χ2v) is 5.90. The summed E-state index contributed by atoms with van der Waals surface area (Å²) < 4.78 is 2.25. The first-order valence-electron chi connectivity index (χ1n) is 6.58. The molecule has 0 aliphatic carbocycles. The minimum Gasteiger partial charge on any atom is -0.373 e. The average molecular weight is 397 g/mol. The number of hydrogen-bond donors (Lipinski definition) is 0. The number of nitrogens with zero attached hydrogens (tertiary/aromatic N) is 3. The Hall–Kier alpha value is -1.70. The number of carbonyl (C=O) groups is 1. The van der Waals surface area contributed by atoms with Crippen molar-refractivity contribution in [3.63, 3.8) is 0 Å². The molecule has 0 saturated carbocycles. The molecule has 0 spiro atoms. The van der Waals surface area contributed by atoms with Crippen molar-refractivity contribution in [3.8, 4) is 0 Å². The van der Waals surface area contributed by atoms with Crippen LogP contribution in [-0.2, 0) is 6.54 Å². The van der Waals surface area contributed by atoms with Gasteiger partial charge in [-0.15, -0.1) is 0 Å². The van der Waals surface area contributed by atoms with Crippen LogP contribution in [0.1, 0.15) is 17.3 Å². The maximum absolute atomic E-state index is 12.1. The Balaban J connectivity index is 2.18. The zero-order chi connectivity index (χ0) is 15.4. The maximum Gasteiger partial charge on any atom is 0.269 e. The van der Waals surface area contributed by atoms with Crippen molar-refractivity contribution >= 4 is 34.1 Å². The van der Waals surface area contributed by atoms with E-state index in [1.807, 2.05) is 31.0 Å². The highest BCUT2D eigenvalue weighted by atomic mass is 127. The highest BCUT2D eigenvalue weighted by Crippen LogP contribution is 2.09. The predicted octanol–water partition coefficient (Wildman–Crippen LogP) is 2.19. The molecule has 0 atom stereocenters. The summed E-state index contributed by atoms with van der Waals surface area (Å²) in [7, 11) is 1.89. The van der Waals surface area contributed by atoms with Gasteiger partial charge in [-0.1, -0.05) is 12.1 Å². The molecular formula is C15H16IN3O2. The third kappa shape index (κ3) is 3.90. The maximum atomic E-state index is 12.1. The summed E-state index contributed by atoms with van der Waals surface area (Å²) >= 11 is 2.18. The molecule has 2 rings (SSSR count). The van der Waals surface area contributed by atoms with E-state index >= 15 is 0 Å². The highest BCUT2D eigenvalue weighted by Gasteiger charge is 2.10. The lowest BCUT2D eigenvalue weighted by atomic mass is 10.1. The zero-order valence-corrected chi connectivity index (χ0v) is 14.1. The average Bonchev–Trinajstić information content (AvgIpc) is 2.49. The quantitative estimate of drug-likeness (QED) is 0.574. The van der Waals surface area contributed by atoms with Gasteiger partial charge in [-0.2, -0.15) is 5.10 Å². The van der Waals surface area contributed by atoms with Gasteiger partial charge in [-0.05, 0) is 41.6 Å². The number of Topliss-reactive ketones (excluding diaryl/α,β-unsaturated/α-hetero) is 1. The summed E-state index contributed by atoms with van der Waals surface area (Å²) in [5.41, 5.74) is 1.06. The van der Waals surface area contributed by atoms with Crippen molar-refractivity contribution in [2.45, 2.75) is 13.5 Å².